The summed E-state index contributed by atoms with van der Waals surface area (Å²) in [5.74, 6) is 1.45. The molecule has 2 aliphatic heterocycles. The van der Waals surface area contributed by atoms with Crippen molar-refractivity contribution in [2.24, 2.45) is 29.1 Å². The fourth-order valence-corrected chi connectivity index (χ4v) is 6.53. The van der Waals surface area contributed by atoms with Crippen molar-refractivity contribution >= 4 is 18.4 Å². The fourth-order valence-electron chi connectivity index (χ4n) is 6.53. The lowest BCUT2D eigenvalue weighted by atomic mass is 9.43. The summed E-state index contributed by atoms with van der Waals surface area (Å²) in [7, 11) is 0. The van der Waals surface area contributed by atoms with Crippen LogP contribution in [-0.4, -0.2) is 58.7 Å². The number of aliphatic hydroxyl groups excluding tert-OH is 1. The number of hydrogen-bond donors (Lipinski definition) is 2. The molecular weight excluding hydrogens is 321 g/mol. The number of hydrogen-bond acceptors (Lipinski definition) is 5. The van der Waals surface area contributed by atoms with E-state index in [-0.39, 0.29) is 29.4 Å². The smallest absolute Gasteiger partial charge is 0.548 e. The van der Waals surface area contributed by atoms with Gasteiger partial charge in [-0.3, -0.25) is 9.59 Å². The summed E-state index contributed by atoms with van der Waals surface area (Å²) in [5.41, 5.74) is 0.301. The van der Waals surface area contributed by atoms with Crippen LogP contribution < -0.4 is 0 Å². The maximum absolute atomic E-state index is 12.5. The van der Waals surface area contributed by atoms with E-state index in [9.17, 15) is 14.6 Å². The minimum atomic E-state index is -2.67. The lowest BCUT2D eigenvalue weighted by Crippen LogP contribution is -2.79. The van der Waals surface area contributed by atoms with Gasteiger partial charge in [0.2, 0.25) is 5.78 Å². The van der Waals surface area contributed by atoms with Gasteiger partial charge in [-0.1, -0.05) is 26.8 Å². The van der Waals surface area contributed by atoms with Gasteiger partial charge in [-0.25, -0.2) is 0 Å². The highest BCUT2D eigenvalue weighted by Crippen LogP contribution is 2.63. The third-order valence-corrected chi connectivity index (χ3v) is 8.14. The molecule has 0 aromatic heterocycles. The molecular formula is C18H28BNO5. The van der Waals surface area contributed by atoms with Crippen molar-refractivity contribution in [3.63, 3.8) is 0 Å². The van der Waals surface area contributed by atoms with Gasteiger partial charge in [0.15, 0.2) is 5.92 Å². The standard InChI is InChI=1S/C18H28BNO5/c1-11-14-7-12(18(14,2)3)8-15(11)20-9-13(16(22)10-20)17(23)25-19(20,24)5-4-6-21/h4-5,11-15,21,24H,6-10H2,1-3H3/b5-4+/t11-,12+,13?,14?,15?,19?,20-/m1/s1. The van der Waals surface area contributed by atoms with Gasteiger partial charge in [-0.15, -0.1) is 5.98 Å². The number of rotatable bonds is 3. The van der Waals surface area contributed by atoms with Crippen molar-refractivity contribution in [1.82, 2.24) is 0 Å². The molecule has 0 radical (unpaired) electrons. The van der Waals surface area contributed by atoms with Gasteiger partial charge < -0.3 is 19.2 Å². The van der Waals surface area contributed by atoms with E-state index in [1.54, 1.807) is 0 Å². The van der Waals surface area contributed by atoms with Crippen LogP contribution in [0.4, 0.5) is 0 Å². The van der Waals surface area contributed by atoms with Crippen molar-refractivity contribution in [2.75, 3.05) is 19.7 Å². The summed E-state index contributed by atoms with van der Waals surface area (Å²) < 4.78 is 5.62. The van der Waals surface area contributed by atoms with Crippen molar-refractivity contribution < 1.29 is 28.8 Å². The summed E-state index contributed by atoms with van der Waals surface area (Å²) in [6.45, 7) is 4.42. The molecule has 7 heteroatoms. The SMILES string of the molecule is C[C@@H]1C2C[C@@H](CC1[N@+]13CC(=O)C(C1)C(=O)O[B-]3(O)/C=C/CO)C2(C)C. The van der Waals surface area contributed by atoms with Gasteiger partial charge in [-0.05, 0) is 30.1 Å². The number of ketones is 1. The third kappa shape index (κ3) is 2.03. The first-order valence-electron chi connectivity index (χ1n) is 9.44. The van der Waals surface area contributed by atoms with E-state index >= 15 is 0 Å². The molecule has 0 aromatic rings. The van der Waals surface area contributed by atoms with E-state index in [0.717, 1.165) is 6.42 Å². The summed E-state index contributed by atoms with van der Waals surface area (Å²) in [6, 6.07) is 0.104. The van der Waals surface area contributed by atoms with Crippen LogP contribution in [0.15, 0.2) is 12.1 Å². The van der Waals surface area contributed by atoms with E-state index in [4.69, 9.17) is 9.76 Å². The second-order valence-corrected chi connectivity index (χ2v) is 9.29. The second-order valence-electron chi connectivity index (χ2n) is 9.29. The van der Waals surface area contributed by atoms with Crippen LogP contribution in [0.1, 0.15) is 33.6 Å². The quantitative estimate of drug-likeness (QED) is 0.577. The highest BCUT2D eigenvalue weighted by molar-refractivity contribution is 6.66. The predicted octanol–water partition coefficient (Wildman–Crippen LogP) is 0.648. The molecule has 0 amide bonds. The Morgan fingerprint density at radius 1 is 1.36 bits per heavy atom. The molecule has 2 N–H and O–H groups in total. The highest BCUT2D eigenvalue weighted by atomic mass is 16.6. The first-order chi connectivity index (χ1) is 11.7. The Kier molecular flexibility index (Phi) is 3.57. The largest absolute Gasteiger partial charge is 0.611 e. The summed E-state index contributed by atoms with van der Waals surface area (Å²) in [5, 5.41) is 20.5. The number of aliphatic hydroxyl groups is 1. The lowest BCUT2D eigenvalue weighted by Gasteiger charge is -2.68. The van der Waals surface area contributed by atoms with E-state index in [1.807, 2.05) is 0 Å². The zero-order valence-electron chi connectivity index (χ0n) is 15.2. The number of fused-ring (bicyclic) bond motifs is 5. The molecule has 4 unspecified atom stereocenters. The van der Waals surface area contributed by atoms with E-state index in [1.165, 1.54) is 18.5 Å². The van der Waals surface area contributed by atoms with Gasteiger partial charge in [0, 0.05) is 5.92 Å². The first kappa shape index (κ1) is 17.2. The molecule has 5 aliphatic rings. The zero-order valence-corrected chi connectivity index (χ0v) is 15.2. The Balaban J connectivity index is 1.76. The Morgan fingerprint density at radius 3 is 2.68 bits per heavy atom. The van der Waals surface area contributed by atoms with Crippen LogP contribution in [-0.2, 0) is 14.2 Å². The van der Waals surface area contributed by atoms with Gasteiger partial charge in [-0.2, -0.15) is 0 Å². The number of Topliss-reactive ketones (excluding diaryl/α,β-unsaturated/α-hetero) is 1. The number of carbonyl (C=O) groups excluding carboxylic acids is 2. The molecule has 2 saturated heterocycles. The molecule has 7 atom stereocenters. The zero-order chi connectivity index (χ0) is 18.2. The second kappa shape index (κ2) is 5.18. The van der Waals surface area contributed by atoms with E-state index in [2.05, 4.69) is 20.8 Å². The number of carbonyl (C=O) groups is 2. The van der Waals surface area contributed by atoms with Gasteiger partial charge in [0.05, 0.1) is 19.2 Å². The maximum Gasteiger partial charge on any atom is 0.548 e. The topological polar surface area (TPSA) is 83.8 Å². The van der Waals surface area contributed by atoms with Crippen LogP contribution in [0.2, 0.25) is 0 Å². The summed E-state index contributed by atoms with van der Waals surface area (Å²) >= 11 is 0. The molecule has 3 saturated carbocycles. The number of quaternary nitrogens is 1. The van der Waals surface area contributed by atoms with Gasteiger partial charge >= 0.3 is 6.69 Å². The van der Waals surface area contributed by atoms with Crippen molar-refractivity contribution in [1.29, 1.82) is 0 Å². The van der Waals surface area contributed by atoms with Crippen LogP contribution in [0.25, 0.3) is 0 Å². The van der Waals surface area contributed by atoms with Crippen LogP contribution in [0.5, 0.6) is 0 Å². The van der Waals surface area contributed by atoms with Crippen molar-refractivity contribution in [3.05, 3.63) is 12.1 Å². The molecule has 5 fully saturated rings. The van der Waals surface area contributed by atoms with Crippen LogP contribution in [0.3, 0.4) is 0 Å². The molecule has 0 spiro atoms. The highest BCUT2D eigenvalue weighted by Gasteiger charge is 2.69. The average Bonchev–Trinajstić information content (AvgIpc) is 2.88. The molecule has 0 aromatic carbocycles. The predicted molar refractivity (Wildman–Crippen MR) is 91.7 cm³/mol. The molecule has 5 rings (SSSR count). The monoisotopic (exact) mass is 349 g/mol. The van der Waals surface area contributed by atoms with E-state index < -0.39 is 18.6 Å². The van der Waals surface area contributed by atoms with Gasteiger partial charge in [0.1, 0.15) is 6.54 Å². The molecule has 3 aliphatic carbocycles. The Labute approximate surface area is 148 Å². The van der Waals surface area contributed by atoms with Crippen LogP contribution >= 0.6 is 0 Å². The molecule has 6 nitrogen and oxygen atoms in total. The third-order valence-electron chi connectivity index (χ3n) is 8.14. The Morgan fingerprint density at radius 2 is 2.08 bits per heavy atom. The maximum atomic E-state index is 12.5. The Hall–Kier alpha value is -1.18. The van der Waals surface area contributed by atoms with Gasteiger partial charge in [0.25, 0.3) is 5.97 Å². The molecule has 4 bridgehead atoms. The molecule has 138 valence electrons. The first-order valence-corrected chi connectivity index (χ1v) is 9.44. The fraction of sp³-hybridized carbons (Fsp3) is 0.778. The number of nitrogens with zero attached hydrogens (tertiary/aromatic N) is 1. The molecule has 25 heavy (non-hydrogen) atoms. The van der Waals surface area contributed by atoms with Crippen molar-refractivity contribution in [2.45, 2.75) is 39.7 Å². The van der Waals surface area contributed by atoms with Crippen molar-refractivity contribution in [3.8, 4) is 0 Å². The molecule has 2 heterocycles. The normalized spacial score (nSPS) is 50.7. The summed E-state index contributed by atoms with van der Waals surface area (Å²) in [4.78, 5) is 24.7. The lowest BCUT2D eigenvalue weighted by molar-refractivity contribution is -0.870. The average molecular weight is 349 g/mol. The minimum absolute atomic E-state index is 0.104. The minimum Gasteiger partial charge on any atom is -0.611 e. The summed E-state index contributed by atoms with van der Waals surface area (Å²) in [6.07, 6.45) is 3.58. The van der Waals surface area contributed by atoms with Crippen LogP contribution in [0, 0.1) is 29.1 Å². The van der Waals surface area contributed by atoms with E-state index in [0.29, 0.717) is 29.7 Å². The Bertz CT molecular complexity index is 664.